The summed E-state index contributed by atoms with van der Waals surface area (Å²) >= 11 is 0. The fourth-order valence-electron chi connectivity index (χ4n) is 2.85. The Morgan fingerprint density at radius 1 is 0.952 bits per heavy atom. The van der Waals surface area contributed by atoms with Gasteiger partial charge in [0.15, 0.2) is 0 Å². The molecule has 1 aromatic carbocycles. The molecule has 0 spiro atoms. The van der Waals surface area contributed by atoms with E-state index < -0.39 is 0 Å². The van der Waals surface area contributed by atoms with Gasteiger partial charge in [0.1, 0.15) is 0 Å². The number of aryl methyl sites for hydroxylation is 1. The van der Waals surface area contributed by atoms with Crippen molar-refractivity contribution in [2.24, 2.45) is 11.7 Å². The van der Waals surface area contributed by atoms with Gasteiger partial charge >= 0.3 is 0 Å². The summed E-state index contributed by atoms with van der Waals surface area (Å²) in [5.74, 6) is 0.795. The Labute approximate surface area is 131 Å². The van der Waals surface area contributed by atoms with Crippen LogP contribution in [-0.4, -0.2) is 24.5 Å². The lowest BCUT2D eigenvalue weighted by molar-refractivity contribution is 0.222. The summed E-state index contributed by atoms with van der Waals surface area (Å²) in [6, 6.07) is 9.00. The highest BCUT2D eigenvalue weighted by atomic mass is 15.1. The van der Waals surface area contributed by atoms with E-state index in [1.165, 1.54) is 36.9 Å². The molecule has 0 amide bonds. The lowest BCUT2D eigenvalue weighted by atomic mass is 10.0. The normalized spacial score (nSPS) is 13.1. The van der Waals surface area contributed by atoms with Crippen molar-refractivity contribution in [3.8, 4) is 0 Å². The molecule has 21 heavy (non-hydrogen) atoms. The van der Waals surface area contributed by atoms with Crippen LogP contribution < -0.4 is 5.73 Å². The number of hydrogen-bond donors (Lipinski definition) is 1. The molecule has 1 atom stereocenters. The minimum absolute atomic E-state index is 0.120. The molecule has 2 N–H and O–H groups in total. The molecular formula is C19H34N2. The first-order valence-corrected chi connectivity index (χ1v) is 8.71. The Hall–Kier alpha value is -0.860. The molecule has 0 saturated heterocycles. The van der Waals surface area contributed by atoms with Crippen molar-refractivity contribution in [2.75, 3.05) is 19.6 Å². The van der Waals surface area contributed by atoms with Crippen LogP contribution in [0, 0.1) is 5.92 Å². The Bertz CT molecular complexity index is 368. The van der Waals surface area contributed by atoms with E-state index in [2.05, 4.69) is 56.9 Å². The topological polar surface area (TPSA) is 29.3 Å². The standard InChI is InChI=1S/C19H34N2/c1-5-9-17-10-12-18(13-11-17)19(20)15-21(8-4)14-16(6-2)7-3/h10-13,16,19H,5-9,14-15,20H2,1-4H3. The zero-order valence-electron chi connectivity index (χ0n) is 14.4. The maximum Gasteiger partial charge on any atom is 0.0424 e. The first kappa shape index (κ1) is 18.2. The predicted octanol–water partition coefficient (Wildman–Crippen LogP) is 4.40. The van der Waals surface area contributed by atoms with Gasteiger partial charge in [-0.15, -0.1) is 0 Å². The SMILES string of the molecule is CCCc1ccc(C(N)CN(CC)CC(CC)CC)cc1. The zero-order chi connectivity index (χ0) is 15.7. The number of nitrogens with zero attached hydrogens (tertiary/aromatic N) is 1. The molecule has 0 radical (unpaired) electrons. The smallest absolute Gasteiger partial charge is 0.0424 e. The highest BCUT2D eigenvalue weighted by Crippen LogP contribution is 2.16. The molecule has 2 heteroatoms. The first-order chi connectivity index (χ1) is 10.1. The average Bonchev–Trinajstić information content (AvgIpc) is 2.52. The molecule has 0 aromatic heterocycles. The molecule has 0 heterocycles. The number of likely N-dealkylation sites (N-methyl/N-ethyl adjacent to an activating group) is 1. The quantitative estimate of drug-likeness (QED) is 0.692. The van der Waals surface area contributed by atoms with Crippen LogP contribution in [0.3, 0.4) is 0 Å². The van der Waals surface area contributed by atoms with Crippen LogP contribution in [0.4, 0.5) is 0 Å². The Morgan fingerprint density at radius 2 is 1.57 bits per heavy atom. The van der Waals surface area contributed by atoms with Crippen molar-refractivity contribution in [1.29, 1.82) is 0 Å². The van der Waals surface area contributed by atoms with Crippen LogP contribution in [0.15, 0.2) is 24.3 Å². The van der Waals surface area contributed by atoms with Crippen LogP contribution in [-0.2, 0) is 6.42 Å². The second-order valence-electron chi connectivity index (χ2n) is 6.13. The summed E-state index contributed by atoms with van der Waals surface area (Å²) in [5, 5.41) is 0. The van der Waals surface area contributed by atoms with Crippen LogP contribution in [0.5, 0.6) is 0 Å². The molecule has 0 aliphatic carbocycles. The van der Waals surface area contributed by atoms with E-state index in [1.807, 2.05) is 0 Å². The summed E-state index contributed by atoms with van der Waals surface area (Å²) in [5.41, 5.74) is 9.09. The largest absolute Gasteiger partial charge is 0.323 e. The van der Waals surface area contributed by atoms with Crippen LogP contribution in [0.2, 0.25) is 0 Å². The van der Waals surface area contributed by atoms with Crippen molar-refractivity contribution in [3.05, 3.63) is 35.4 Å². The van der Waals surface area contributed by atoms with Gasteiger partial charge in [-0.25, -0.2) is 0 Å². The van der Waals surface area contributed by atoms with E-state index >= 15 is 0 Å². The van der Waals surface area contributed by atoms with Gasteiger partial charge in [0.25, 0.3) is 0 Å². The molecule has 0 saturated carbocycles. The average molecular weight is 290 g/mol. The Kier molecular flexibility index (Phi) is 8.63. The lowest BCUT2D eigenvalue weighted by Gasteiger charge is -2.28. The maximum atomic E-state index is 6.41. The molecule has 0 bridgehead atoms. The van der Waals surface area contributed by atoms with E-state index in [0.29, 0.717) is 0 Å². The van der Waals surface area contributed by atoms with Gasteiger partial charge in [0, 0.05) is 19.1 Å². The molecule has 0 aliphatic heterocycles. The fraction of sp³-hybridized carbons (Fsp3) is 0.684. The van der Waals surface area contributed by atoms with Crippen molar-refractivity contribution >= 4 is 0 Å². The van der Waals surface area contributed by atoms with Gasteiger partial charge in [-0.2, -0.15) is 0 Å². The summed E-state index contributed by atoms with van der Waals surface area (Å²) in [7, 11) is 0. The Balaban J connectivity index is 2.58. The molecule has 1 unspecified atom stereocenters. The fourth-order valence-corrected chi connectivity index (χ4v) is 2.85. The minimum Gasteiger partial charge on any atom is -0.323 e. The second kappa shape index (κ2) is 9.97. The van der Waals surface area contributed by atoms with E-state index in [0.717, 1.165) is 25.4 Å². The van der Waals surface area contributed by atoms with E-state index in [9.17, 15) is 0 Å². The lowest BCUT2D eigenvalue weighted by Crippen LogP contribution is -2.35. The minimum atomic E-state index is 0.120. The van der Waals surface area contributed by atoms with Gasteiger partial charge in [0.05, 0.1) is 0 Å². The molecule has 0 fully saturated rings. The van der Waals surface area contributed by atoms with E-state index in [-0.39, 0.29) is 6.04 Å². The van der Waals surface area contributed by atoms with Crippen molar-refractivity contribution < 1.29 is 0 Å². The highest BCUT2D eigenvalue weighted by Gasteiger charge is 2.14. The van der Waals surface area contributed by atoms with Crippen LogP contribution >= 0.6 is 0 Å². The third-order valence-corrected chi connectivity index (χ3v) is 4.52. The molecule has 1 aromatic rings. The number of nitrogens with two attached hydrogens (primary N) is 1. The van der Waals surface area contributed by atoms with E-state index in [1.54, 1.807) is 0 Å². The summed E-state index contributed by atoms with van der Waals surface area (Å²) in [4.78, 5) is 2.50. The molecular weight excluding hydrogens is 256 g/mol. The molecule has 1 rings (SSSR count). The van der Waals surface area contributed by atoms with Crippen molar-refractivity contribution in [2.45, 2.75) is 59.4 Å². The zero-order valence-corrected chi connectivity index (χ0v) is 14.4. The second-order valence-corrected chi connectivity index (χ2v) is 6.13. The monoisotopic (exact) mass is 290 g/mol. The summed E-state index contributed by atoms with van der Waals surface area (Å²) in [6.45, 7) is 12.2. The highest BCUT2D eigenvalue weighted by molar-refractivity contribution is 5.25. The molecule has 0 aliphatic rings. The summed E-state index contributed by atoms with van der Waals surface area (Å²) < 4.78 is 0. The van der Waals surface area contributed by atoms with E-state index in [4.69, 9.17) is 5.73 Å². The van der Waals surface area contributed by atoms with Crippen molar-refractivity contribution in [3.63, 3.8) is 0 Å². The van der Waals surface area contributed by atoms with Gasteiger partial charge in [-0.1, -0.05) is 71.2 Å². The van der Waals surface area contributed by atoms with Gasteiger partial charge in [0.2, 0.25) is 0 Å². The van der Waals surface area contributed by atoms with Gasteiger partial charge in [-0.3, -0.25) is 0 Å². The van der Waals surface area contributed by atoms with Gasteiger partial charge in [-0.05, 0) is 30.0 Å². The number of benzene rings is 1. The molecule has 2 nitrogen and oxygen atoms in total. The maximum absolute atomic E-state index is 6.41. The first-order valence-electron chi connectivity index (χ1n) is 8.71. The number of hydrogen-bond acceptors (Lipinski definition) is 2. The van der Waals surface area contributed by atoms with Crippen molar-refractivity contribution in [1.82, 2.24) is 4.90 Å². The van der Waals surface area contributed by atoms with Crippen LogP contribution in [0.1, 0.15) is 64.1 Å². The molecule has 120 valence electrons. The summed E-state index contributed by atoms with van der Waals surface area (Å²) in [6.07, 6.45) is 4.87. The third kappa shape index (κ3) is 6.19. The van der Waals surface area contributed by atoms with Crippen LogP contribution in [0.25, 0.3) is 0 Å². The number of rotatable bonds is 10. The predicted molar refractivity (Wildman–Crippen MR) is 93.6 cm³/mol. The Morgan fingerprint density at radius 3 is 2.05 bits per heavy atom. The van der Waals surface area contributed by atoms with Gasteiger partial charge < -0.3 is 10.6 Å². The third-order valence-electron chi connectivity index (χ3n) is 4.52.